The van der Waals surface area contributed by atoms with Gasteiger partial charge in [0.15, 0.2) is 0 Å². The zero-order valence-corrected chi connectivity index (χ0v) is 13.1. The number of benzene rings is 1. The SMILES string of the molecule is Nc1ccc2c(c1)N(C(=O)CC1CCSCC1)CCS2. The van der Waals surface area contributed by atoms with Gasteiger partial charge in [-0.1, -0.05) is 0 Å². The Hall–Kier alpha value is -0.810. The molecule has 0 aromatic heterocycles. The topological polar surface area (TPSA) is 46.3 Å². The van der Waals surface area contributed by atoms with Crippen molar-refractivity contribution in [2.24, 2.45) is 5.92 Å². The lowest BCUT2D eigenvalue weighted by Crippen LogP contribution is -2.36. The second-order valence-corrected chi connectivity index (χ2v) is 7.74. The molecule has 2 heterocycles. The number of carbonyl (C=O) groups is 1. The Bertz CT molecular complexity index is 501. The summed E-state index contributed by atoms with van der Waals surface area (Å²) >= 11 is 3.82. The van der Waals surface area contributed by atoms with Crippen molar-refractivity contribution in [3.8, 4) is 0 Å². The zero-order valence-electron chi connectivity index (χ0n) is 11.5. The Kier molecular flexibility index (Phi) is 4.46. The molecule has 3 rings (SSSR count). The molecule has 1 aromatic carbocycles. The van der Waals surface area contributed by atoms with Crippen LogP contribution < -0.4 is 10.6 Å². The van der Waals surface area contributed by atoms with Crippen LogP contribution >= 0.6 is 23.5 Å². The molecule has 3 nitrogen and oxygen atoms in total. The highest BCUT2D eigenvalue weighted by atomic mass is 32.2. The maximum atomic E-state index is 12.6. The average molecular weight is 308 g/mol. The fourth-order valence-electron chi connectivity index (χ4n) is 2.80. The van der Waals surface area contributed by atoms with Crippen LogP contribution in [0.3, 0.4) is 0 Å². The van der Waals surface area contributed by atoms with E-state index in [0.29, 0.717) is 12.3 Å². The summed E-state index contributed by atoms with van der Waals surface area (Å²) < 4.78 is 0. The minimum Gasteiger partial charge on any atom is -0.399 e. The summed E-state index contributed by atoms with van der Waals surface area (Å²) in [5.41, 5.74) is 7.62. The first-order valence-electron chi connectivity index (χ1n) is 7.14. The van der Waals surface area contributed by atoms with Gasteiger partial charge in [-0.15, -0.1) is 11.8 Å². The largest absolute Gasteiger partial charge is 0.399 e. The number of hydrogen-bond donors (Lipinski definition) is 1. The number of rotatable bonds is 2. The van der Waals surface area contributed by atoms with Crippen molar-refractivity contribution in [1.29, 1.82) is 0 Å². The lowest BCUT2D eigenvalue weighted by Gasteiger charge is -2.31. The molecule has 5 heteroatoms. The Morgan fingerprint density at radius 3 is 2.90 bits per heavy atom. The maximum absolute atomic E-state index is 12.6. The normalized spacial score (nSPS) is 19.7. The van der Waals surface area contributed by atoms with Crippen LogP contribution in [0.1, 0.15) is 19.3 Å². The van der Waals surface area contributed by atoms with Gasteiger partial charge in [-0.05, 0) is 48.5 Å². The van der Waals surface area contributed by atoms with Gasteiger partial charge in [0.25, 0.3) is 0 Å². The molecule has 1 fully saturated rings. The standard InChI is InChI=1S/C15H20N2OS2/c16-12-1-2-14-13(10-12)17(5-8-20-14)15(18)9-11-3-6-19-7-4-11/h1-2,10-11H,3-9,16H2. The first-order chi connectivity index (χ1) is 9.74. The summed E-state index contributed by atoms with van der Waals surface area (Å²) in [5.74, 6) is 4.23. The third-order valence-corrected chi connectivity index (χ3v) is 6.04. The third kappa shape index (κ3) is 3.09. The molecule has 1 saturated heterocycles. The van der Waals surface area contributed by atoms with Crippen LogP contribution in [0, 0.1) is 5.92 Å². The van der Waals surface area contributed by atoms with E-state index >= 15 is 0 Å². The minimum atomic E-state index is 0.272. The second kappa shape index (κ2) is 6.31. The molecule has 0 saturated carbocycles. The molecule has 2 aliphatic rings. The third-order valence-electron chi connectivity index (χ3n) is 3.95. The monoisotopic (exact) mass is 308 g/mol. The van der Waals surface area contributed by atoms with Crippen molar-refractivity contribution in [1.82, 2.24) is 0 Å². The molecule has 108 valence electrons. The lowest BCUT2D eigenvalue weighted by atomic mass is 9.98. The van der Waals surface area contributed by atoms with Gasteiger partial charge in [0.2, 0.25) is 5.91 Å². The number of thioether (sulfide) groups is 2. The van der Waals surface area contributed by atoms with Crippen LogP contribution in [0.2, 0.25) is 0 Å². The Morgan fingerprint density at radius 1 is 1.30 bits per heavy atom. The van der Waals surface area contributed by atoms with Crippen molar-refractivity contribution in [2.75, 3.05) is 34.4 Å². The highest BCUT2D eigenvalue weighted by molar-refractivity contribution is 7.99. The highest BCUT2D eigenvalue weighted by Gasteiger charge is 2.26. The molecule has 1 aromatic rings. The molecule has 1 amide bonds. The lowest BCUT2D eigenvalue weighted by molar-refractivity contribution is -0.119. The molecule has 2 N–H and O–H groups in total. The molecule has 0 atom stereocenters. The number of nitrogens with two attached hydrogens (primary N) is 1. The van der Waals surface area contributed by atoms with E-state index in [9.17, 15) is 4.79 Å². The summed E-state index contributed by atoms with van der Waals surface area (Å²) in [7, 11) is 0. The highest BCUT2D eigenvalue weighted by Crippen LogP contribution is 2.37. The van der Waals surface area contributed by atoms with Crippen LogP contribution in [-0.4, -0.2) is 29.7 Å². The summed E-state index contributed by atoms with van der Waals surface area (Å²) in [6.45, 7) is 0.807. The summed E-state index contributed by atoms with van der Waals surface area (Å²) in [6, 6.07) is 5.89. The van der Waals surface area contributed by atoms with Gasteiger partial charge in [-0.3, -0.25) is 4.79 Å². The van der Waals surface area contributed by atoms with Gasteiger partial charge in [-0.2, -0.15) is 11.8 Å². The molecule has 0 bridgehead atoms. The van der Waals surface area contributed by atoms with Gasteiger partial charge >= 0.3 is 0 Å². The molecular formula is C15H20N2OS2. The maximum Gasteiger partial charge on any atom is 0.227 e. The molecule has 0 aliphatic carbocycles. The van der Waals surface area contributed by atoms with Gasteiger partial charge < -0.3 is 10.6 Å². The predicted molar refractivity (Wildman–Crippen MR) is 88.6 cm³/mol. The van der Waals surface area contributed by atoms with E-state index in [1.54, 1.807) is 0 Å². The molecule has 20 heavy (non-hydrogen) atoms. The number of amides is 1. The van der Waals surface area contributed by atoms with Gasteiger partial charge in [0.1, 0.15) is 0 Å². The number of fused-ring (bicyclic) bond motifs is 1. The fourth-order valence-corrected chi connectivity index (χ4v) is 4.98. The van der Waals surface area contributed by atoms with Crippen LogP contribution in [0.4, 0.5) is 11.4 Å². The van der Waals surface area contributed by atoms with Crippen LogP contribution in [-0.2, 0) is 4.79 Å². The number of anilines is 2. The van der Waals surface area contributed by atoms with Crippen molar-refractivity contribution in [2.45, 2.75) is 24.2 Å². The van der Waals surface area contributed by atoms with Crippen molar-refractivity contribution in [3.63, 3.8) is 0 Å². The number of hydrogen-bond acceptors (Lipinski definition) is 4. The van der Waals surface area contributed by atoms with E-state index < -0.39 is 0 Å². The molecule has 2 aliphatic heterocycles. The second-order valence-electron chi connectivity index (χ2n) is 5.38. The Morgan fingerprint density at radius 2 is 2.10 bits per heavy atom. The van der Waals surface area contributed by atoms with E-state index in [4.69, 9.17) is 5.73 Å². The molecule has 0 radical (unpaired) electrons. The summed E-state index contributed by atoms with van der Waals surface area (Å²) in [4.78, 5) is 15.7. The Balaban J connectivity index is 1.74. The number of carbonyl (C=O) groups excluding carboxylic acids is 1. The van der Waals surface area contributed by atoms with Crippen LogP contribution in [0.25, 0.3) is 0 Å². The van der Waals surface area contributed by atoms with E-state index in [2.05, 4.69) is 0 Å². The average Bonchev–Trinajstić information content (AvgIpc) is 2.47. The Labute approximate surface area is 128 Å². The van der Waals surface area contributed by atoms with E-state index in [-0.39, 0.29) is 5.91 Å². The fraction of sp³-hybridized carbons (Fsp3) is 0.533. The first-order valence-corrected chi connectivity index (χ1v) is 9.28. The van der Waals surface area contributed by atoms with Gasteiger partial charge in [0, 0.05) is 29.3 Å². The minimum absolute atomic E-state index is 0.272. The van der Waals surface area contributed by atoms with Crippen molar-refractivity contribution in [3.05, 3.63) is 18.2 Å². The van der Waals surface area contributed by atoms with Crippen LogP contribution in [0.5, 0.6) is 0 Å². The quantitative estimate of drug-likeness (QED) is 0.852. The summed E-state index contributed by atoms with van der Waals surface area (Å²) in [6.07, 6.45) is 3.06. The summed E-state index contributed by atoms with van der Waals surface area (Å²) in [5, 5.41) is 0. The molecule has 0 spiro atoms. The van der Waals surface area contributed by atoms with Crippen LogP contribution in [0.15, 0.2) is 23.1 Å². The first kappa shape index (κ1) is 14.1. The zero-order chi connectivity index (χ0) is 13.9. The molecular weight excluding hydrogens is 288 g/mol. The smallest absolute Gasteiger partial charge is 0.227 e. The van der Waals surface area contributed by atoms with E-state index in [1.165, 1.54) is 29.2 Å². The predicted octanol–water partition coefficient (Wildman–Crippen LogP) is 3.24. The van der Waals surface area contributed by atoms with Crippen molar-refractivity contribution >= 4 is 40.8 Å². The van der Waals surface area contributed by atoms with E-state index in [0.717, 1.165) is 23.7 Å². The number of nitrogen functional groups attached to an aromatic ring is 1. The van der Waals surface area contributed by atoms with Gasteiger partial charge in [0.05, 0.1) is 5.69 Å². The van der Waals surface area contributed by atoms with Crippen molar-refractivity contribution < 1.29 is 4.79 Å². The number of nitrogens with zero attached hydrogens (tertiary/aromatic N) is 1. The molecule has 0 unspecified atom stereocenters. The van der Waals surface area contributed by atoms with Gasteiger partial charge in [-0.25, -0.2) is 0 Å². The van der Waals surface area contributed by atoms with E-state index in [1.807, 2.05) is 46.6 Å².